The van der Waals surface area contributed by atoms with Crippen molar-refractivity contribution in [2.24, 2.45) is 0 Å². The first-order valence-corrected chi connectivity index (χ1v) is 6.52. The Bertz CT molecular complexity index is 569. The Kier molecular flexibility index (Phi) is 4.68. The molecule has 1 heterocycles. The van der Waals surface area contributed by atoms with E-state index >= 15 is 0 Å². The van der Waals surface area contributed by atoms with E-state index < -0.39 is 11.9 Å². The summed E-state index contributed by atoms with van der Waals surface area (Å²) >= 11 is 0. The molecule has 0 saturated heterocycles. The largest absolute Gasteiger partial charge is 0.485 e. The third kappa shape index (κ3) is 3.54. The minimum Gasteiger partial charge on any atom is -0.485 e. The summed E-state index contributed by atoms with van der Waals surface area (Å²) < 4.78 is 24.1. The number of hydrogen-bond donors (Lipinski definition) is 1. The van der Waals surface area contributed by atoms with Crippen LogP contribution in [0, 0.1) is 5.82 Å². The van der Waals surface area contributed by atoms with Gasteiger partial charge in [-0.2, -0.15) is 4.98 Å². The lowest BCUT2D eigenvalue weighted by molar-refractivity contribution is 0.193. The molecule has 0 aliphatic carbocycles. The molecule has 2 aromatic rings. The Balaban J connectivity index is 1.98. The lowest BCUT2D eigenvalue weighted by Crippen LogP contribution is -2.00. The summed E-state index contributed by atoms with van der Waals surface area (Å²) in [6, 6.07) is 4.32. The Labute approximate surface area is 116 Å². The number of rotatable bonds is 6. The molecule has 0 bridgehead atoms. The quantitative estimate of drug-likeness (QED) is 0.881. The molecule has 1 atom stereocenters. The molecular formula is C14H17FN2O3. The van der Waals surface area contributed by atoms with Crippen LogP contribution in [0.4, 0.5) is 4.39 Å². The van der Waals surface area contributed by atoms with Crippen molar-refractivity contribution in [2.45, 2.75) is 39.4 Å². The van der Waals surface area contributed by atoms with Crippen molar-refractivity contribution in [2.75, 3.05) is 0 Å². The zero-order chi connectivity index (χ0) is 14.5. The fourth-order valence-corrected chi connectivity index (χ4v) is 1.75. The summed E-state index contributed by atoms with van der Waals surface area (Å²) in [4.78, 5) is 4.15. The second kappa shape index (κ2) is 6.47. The summed E-state index contributed by atoms with van der Waals surface area (Å²) in [5.41, 5.74) is 0.238. The van der Waals surface area contributed by atoms with E-state index in [4.69, 9.17) is 9.26 Å². The first-order valence-electron chi connectivity index (χ1n) is 6.52. The molecule has 6 heteroatoms. The van der Waals surface area contributed by atoms with Gasteiger partial charge in [-0.05, 0) is 25.5 Å². The van der Waals surface area contributed by atoms with Gasteiger partial charge in [-0.15, -0.1) is 0 Å². The van der Waals surface area contributed by atoms with E-state index in [-0.39, 0.29) is 12.2 Å². The fourth-order valence-electron chi connectivity index (χ4n) is 1.75. The molecule has 0 amide bonds. The first-order chi connectivity index (χ1) is 9.60. The summed E-state index contributed by atoms with van der Waals surface area (Å²) in [5, 5.41) is 13.1. The van der Waals surface area contributed by atoms with Crippen LogP contribution in [0.1, 0.15) is 43.7 Å². The van der Waals surface area contributed by atoms with E-state index in [1.165, 1.54) is 19.1 Å². The minimum atomic E-state index is -0.849. The predicted octanol–water partition coefficient (Wildman–Crippen LogP) is 2.79. The zero-order valence-corrected chi connectivity index (χ0v) is 11.5. The van der Waals surface area contributed by atoms with Gasteiger partial charge in [0, 0.05) is 18.1 Å². The molecule has 1 unspecified atom stereocenters. The maximum atomic E-state index is 13.6. The number of aliphatic hydroxyl groups excluding tert-OH is 1. The molecule has 0 aliphatic rings. The van der Waals surface area contributed by atoms with Gasteiger partial charge in [0.1, 0.15) is 11.6 Å². The summed E-state index contributed by atoms with van der Waals surface area (Å²) in [5.74, 6) is 0.848. The van der Waals surface area contributed by atoms with Crippen LogP contribution in [0.25, 0.3) is 0 Å². The lowest BCUT2D eigenvalue weighted by atomic mass is 10.1. The normalized spacial score (nSPS) is 12.4. The molecule has 0 radical (unpaired) electrons. The van der Waals surface area contributed by atoms with Gasteiger partial charge in [0.25, 0.3) is 0 Å². The standard InChI is InChI=1S/C14H17FN2O3/c1-3-4-14-16-13(17-20-14)8-19-10-5-6-11(9(2)18)12(15)7-10/h5-7,9,18H,3-4,8H2,1-2H3. The number of benzene rings is 1. The van der Waals surface area contributed by atoms with Crippen molar-refractivity contribution in [3.05, 3.63) is 41.3 Å². The molecule has 2 rings (SSSR count). The lowest BCUT2D eigenvalue weighted by Gasteiger charge is -2.08. The van der Waals surface area contributed by atoms with Gasteiger partial charge in [0.05, 0.1) is 6.10 Å². The molecule has 1 aromatic heterocycles. The monoisotopic (exact) mass is 280 g/mol. The predicted molar refractivity (Wildman–Crippen MR) is 69.7 cm³/mol. The van der Waals surface area contributed by atoms with E-state index in [0.717, 1.165) is 12.8 Å². The zero-order valence-electron chi connectivity index (χ0n) is 11.5. The van der Waals surface area contributed by atoms with Crippen molar-refractivity contribution in [1.29, 1.82) is 0 Å². The van der Waals surface area contributed by atoms with Gasteiger partial charge < -0.3 is 14.4 Å². The van der Waals surface area contributed by atoms with Gasteiger partial charge in [-0.25, -0.2) is 4.39 Å². The van der Waals surface area contributed by atoms with Crippen molar-refractivity contribution in [1.82, 2.24) is 10.1 Å². The molecule has 0 spiro atoms. The highest BCUT2D eigenvalue weighted by molar-refractivity contribution is 5.30. The molecular weight excluding hydrogens is 263 g/mol. The second-order valence-electron chi connectivity index (χ2n) is 4.50. The van der Waals surface area contributed by atoms with Gasteiger partial charge in [0.15, 0.2) is 6.61 Å². The Hall–Kier alpha value is -1.95. The van der Waals surface area contributed by atoms with Crippen LogP contribution in [-0.4, -0.2) is 15.2 Å². The third-order valence-corrected chi connectivity index (χ3v) is 2.76. The van der Waals surface area contributed by atoms with Gasteiger partial charge in [0.2, 0.25) is 11.7 Å². The maximum absolute atomic E-state index is 13.6. The molecule has 5 nitrogen and oxygen atoms in total. The number of ether oxygens (including phenoxy) is 1. The van der Waals surface area contributed by atoms with Crippen LogP contribution in [-0.2, 0) is 13.0 Å². The minimum absolute atomic E-state index is 0.112. The number of hydrogen-bond acceptors (Lipinski definition) is 5. The topological polar surface area (TPSA) is 68.4 Å². The summed E-state index contributed by atoms with van der Waals surface area (Å²) in [6.45, 7) is 3.64. The molecule has 108 valence electrons. The number of nitrogens with zero attached hydrogens (tertiary/aromatic N) is 2. The average molecular weight is 280 g/mol. The van der Waals surface area contributed by atoms with Crippen molar-refractivity contribution < 1.29 is 18.8 Å². The van der Waals surface area contributed by atoms with Crippen molar-refractivity contribution >= 4 is 0 Å². The van der Waals surface area contributed by atoms with Crippen LogP contribution in [0.3, 0.4) is 0 Å². The first kappa shape index (κ1) is 14.5. The fraction of sp³-hybridized carbons (Fsp3) is 0.429. The van der Waals surface area contributed by atoms with Crippen molar-refractivity contribution in [3.8, 4) is 5.75 Å². The van der Waals surface area contributed by atoms with Crippen LogP contribution in [0.5, 0.6) is 5.75 Å². The van der Waals surface area contributed by atoms with E-state index in [1.807, 2.05) is 6.92 Å². The van der Waals surface area contributed by atoms with Crippen molar-refractivity contribution in [3.63, 3.8) is 0 Å². The highest BCUT2D eigenvalue weighted by Crippen LogP contribution is 2.22. The molecule has 20 heavy (non-hydrogen) atoms. The van der Waals surface area contributed by atoms with Crippen LogP contribution in [0.15, 0.2) is 22.7 Å². The molecule has 0 fully saturated rings. The van der Waals surface area contributed by atoms with Gasteiger partial charge in [-0.1, -0.05) is 12.1 Å². The van der Waals surface area contributed by atoms with Crippen LogP contribution < -0.4 is 4.74 Å². The van der Waals surface area contributed by atoms with Crippen LogP contribution >= 0.6 is 0 Å². The van der Waals surface area contributed by atoms with E-state index in [2.05, 4.69) is 10.1 Å². The van der Waals surface area contributed by atoms with Gasteiger partial charge in [-0.3, -0.25) is 0 Å². The summed E-state index contributed by atoms with van der Waals surface area (Å²) in [6.07, 6.45) is 0.803. The van der Waals surface area contributed by atoms with Gasteiger partial charge >= 0.3 is 0 Å². The second-order valence-corrected chi connectivity index (χ2v) is 4.50. The number of aryl methyl sites for hydroxylation is 1. The number of aliphatic hydroxyl groups is 1. The Morgan fingerprint density at radius 1 is 1.45 bits per heavy atom. The smallest absolute Gasteiger partial charge is 0.226 e. The molecule has 1 aromatic carbocycles. The Morgan fingerprint density at radius 2 is 2.25 bits per heavy atom. The maximum Gasteiger partial charge on any atom is 0.226 e. The number of halogens is 1. The highest BCUT2D eigenvalue weighted by Gasteiger charge is 2.10. The molecule has 0 saturated carbocycles. The van der Waals surface area contributed by atoms with Crippen LogP contribution in [0.2, 0.25) is 0 Å². The van der Waals surface area contributed by atoms with E-state index in [1.54, 1.807) is 6.07 Å². The summed E-state index contributed by atoms with van der Waals surface area (Å²) in [7, 11) is 0. The average Bonchev–Trinajstić information content (AvgIpc) is 2.84. The SMILES string of the molecule is CCCc1nc(COc2ccc(C(C)O)c(F)c2)no1. The Morgan fingerprint density at radius 3 is 2.90 bits per heavy atom. The third-order valence-electron chi connectivity index (χ3n) is 2.76. The number of aromatic nitrogens is 2. The molecule has 0 aliphatic heterocycles. The highest BCUT2D eigenvalue weighted by atomic mass is 19.1. The molecule has 1 N–H and O–H groups in total. The van der Waals surface area contributed by atoms with E-state index in [9.17, 15) is 9.50 Å². The van der Waals surface area contributed by atoms with E-state index in [0.29, 0.717) is 17.5 Å².